The highest BCUT2D eigenvalue weighted by molar-refractivity contribution is 7.48. The fourth-order valence-corrected chi connectivity index (χ4v) is 15.0. The molecule has 0 bridgehead atoms. The van der Waals surface area contributed by atoms with Gasteiger partial charge in [0, 0.05) is 96.7 Å². The second-order valence-electron chi connectivity index (χ2n) is 28.4. The van der Waals surface area contributed by atoms with Gasteiger partial charge >= 0.3 is 31.3 Å². The van der Waals surface area contributed by atoms with Gasteiger partial charge in [-0.05, 0) is 90.9 Å². The van der Waals surface area contributed by atoms with Gasteiger partial charge in [-0.15, -0.1) is 0 Å². The first-order chi connectivity index (χ1) is 52.8. The molecule has 43 heteroatoms. The van der Waals surface area contributed by atoms with Crippen LogP contribution in [0.3, 0.4) is 0 Å². The first-order valence-electron chi connectivity index (χ1n) is 38.8. The Hall–Kier alpha value is -0.930. The van der Waals surface area contributed by atoms with Crippen LogP contribution < -0.4 is 5.32 Å². The Labute approximate surface area is 652 Å². The molecule has 2 aliphatic heterocycles. The molecule has 39 nitrogen and oxygen atoms in total. The minimum atomic E-state index is -4.88. The van der Waals surface area contributed by atoms with Crippen molar-refractivity contribution in [1.82, 2.24) is 5.32 Å². The average Bonchev–Trinajstić information content (AvgIpc) is 0.821. The van der Waals surface area contributed by atoms with Crippen LogP contribution in [0.15, 0.2) is 0 Å². The fraction of sp³-hybridized carbons (Fsp3) is 0.985. The van der Waals surface area contributed by atoms with Crippen molar-refractivity contribution in [2.75, 3.05) is 172 Å². The predicted molar refractivity (Wildman–Crippen MR) is 394 cm³/mol. The van der Waals surface area contributed by atoms with Gasteiger partial charge < -0.3 is 128 Å². The largest absolute Gasteiger partial charge is 0.472 e. The first kappa shape index (κ1) is 104. The van der Waals surface area contributed by atoms with Crippen molar-refractivity contribution in [3.63, 3.8) is 0 Å². The van der Waals surface area contributed by atoms with Crippen molar-refractivity contribution in [3.8, 4) is 0 Å². The zero-order valence-electron chi connectivity index (χ0n) is 65.3. The Morgan fingerprint density at radius 3 is 1.11 bits per heavy atom. The summed E-state index contributed by atoms with van der Waals surface area (Å²) in [5.41, 5.74) is -1.48. The summed E-state index contributed by atoms with van der Waals surface area (Å²) >= 11 is 0. The van der Waals surface area contributed by atoms with Crippen LogP contribution in [-0.2, 0) is 111 Å². The predicted octanol–water partition coefficient (Wildman–Crippen LogP) is 3.06. The molecule has 11 unspecified atom stereocenters. The minimum absolute atomic E-state index is 0.0183. The van der Waals surface area contributed by atoms with E-state index < -0.39 is 154 Å². The number of phosphoric acid groups is 4. The van der Waals surface area contributed by atoms with Crippen molar-refractivity contribution >= 4 is 37.2 Å². The van der Waals surface area contributed by atoms with E-state index in [4.69, 9.17) is 88.3 Å². The number of ether oxygens (including phenoxy) is 11. The second kappa shape index (κ2) is 58.9. The van der Waals surface area contributed by atoms with E-state index >= 15 is 0 Å². The quantitative estimate of drug-likeness (QED) is 0.0307. The number of rotatable bonds is 70. The van der Waals surface area contributed by atoms with Gasteiger partial charge in [0.05, 0.1) is 148 Å². The van der Waals surface area contributed by atoms with E-state index in [0.717, 1.165) is 0 Å². The number of unbranched alkanes of at least 4 members (excludes halogenated alkanes) is 9. The number of aliphatic hydroxyl groups is 10. The lowest BCUT2D eigenvalue weighted by atomic mass is 9.79. The molecule has 0 radical (unpaired) electrons. The smallest absolute Gasteiger partial charge is 0.396 e. The maximum Gasteiger partial charge on any atom is 0.472 e. The molecule has 15 N–H and O–H groups in total. The number of phosphoric ester groups is 4. The number of hydrogen-bond acceptors (Lipinski definition) is 34. The highest BCUT2D eigenvalue weighted by Gasteiger charge is 2.46. The molecule has 2 saturated heterocycles. The highest BCUT2D eigenvalue weighted by Crippen LogP contribution is 2.47. The molecule has 0 aromatic rings. The molecule has 3 rings (SSSR count). The SMILES string of the molecule is CC(=O)N[C@H]1C(O)[C@@H](O)C(CO)C[C@H]1OCCCCCCOP(=O)(O)OCCCOCC(COCCCOP(=O)(O)OCCCCCCO[C@@H]1OC(CO)[C@H](O)C(O)[C@@H]1C)(COCCCOP(=O)(O)OCCCCCCO[C@@H]1OC(CO)[C@H](O)C(O)[C@@H]1C)COP(=O)(O)OCCCOCC(CO)COCCCOC(C)C. The topological polar surface area (TPSA) is 556 Å². The molecule has 3 aliphatic rings. The average molecular weight is 1700 g/mol. The molecule has 111 heavy (non-hydrogen) atoms. The number of hydrogen-bond donors (Lipinski definition) is 15. The molecule has 1 saturated carbocycles. The summed E-state index contributed by atoms with van der Waals surface area (Å²) in [6.07, 6.45) is -3.99. The molecular formula is C68H135NO38P4. The third-order valence-corrected chi connectivity index (χ3v) is 22.3. The first-order valence-corrected chi connectivity index (χ1v) is 44.8. The zero-order chi connectivity index (χ0) is 82.1. The lowest BCUT2D eigenvalue weighted by Crippen LogP contribution is -2.61. The summed E-state index contributed by atoms with van der Waals surface area (Å²) in [5.74, 6) is -2.48. The molecule has 1 aliphatic carbocycles. The Balaban J connectivity index is 1.61. The third-order valence-electron chi connectivity index (χ3n) is 18.2. The summed E-state index contributed by atoms with van der Waals surface area (Å²) in [5, 5.41) is 103. The monoisotopic (exact) mass is 1700 g/mol. The van der Waals surface area contributed by atoms with Crippen LogP contribution in [0.2, 0.25) is 0 Å². The van der Waals surface area contributed by atoms with Crippen LogP contribution in [-0.4, -0.2) is 328 Å². The van der Waals surface area contributed by atoms with E-state index in [1.807, 2.05) is 13.8 Å². The van der Waals surface area contributed by atoms with E-state index in [1.165, 1.54) is 6.92 Å². The molecule has 20 atom stereocenters. The van der Waals surface area contributed by atoms with Gasteiger partial charge in [0.2, 0.25) is 5.91 Å². The maximum atomic E-state index is 13.6. The Bertz CT molecular complexity index is 2480. The lowest BCUT2D eigenvalue weighted by molar-refractivity contribution is -0.282. The van der Waals surface area contributed by atoms with E-state index in [-0.39, 0.29) is 183 Å². The van der Waals surface area contributed by atoms with Gasteiger partial charge in [-0.3, -0.25) is 41.0 Å². The molecule has 2 heterocycles. The van der Waals surface area contributed by atoms with Crippen LogP contribution in [0, 0.1) is 29.1 Å². The van der Waals surface area contributed by atoms with Crippen molar-refractivity contribution in [2.24, 2.45) is 29.1 Å². The van der Waals surface area contributed by atoms with Gasteiger partial charge in [0.15, 0.2) is 12.6 Å². The molecule has 1 amide bonds. The summed E-state index contributed by atoms with van der Waals surface area (Å²) in [6, 6.07) is -0.876. The van der Waals surface area contributed by atoms with Crippen molar-refractivity contribution < 1.29 is 182 Å². The van der Waals surface area contributed by atoms with E-state index in [0.29, 0.717) is 96.7 Å². The summed E-state index contributed by atoms with van der Waals surface area (Å²) < 4.78 is 158. The Morgan fingerprint density at radius 2 is 0.757 bits per heavy atom. The van der Waals surface area contributed by atoms with Gasteiger partial charge in [0.25, 0.3) is 0 Å². The van der Waals surface area contributed by atoms with E-state index in [9.17, 15) is 93.7 Å². The fourth-order valence-electron chi connectivity index (χ4n) is 11.7. The molecule has 0 aromatic heterocycles. The maximum absolute atomic E-state index is 13.6. The second-order valence-corrected chi connectivity index (χ2v) is 34.2. The standard InChI is InChI=1S/C68H135NO38P4/c1-50(2)94-31-18-23-89-44-54(40-70)45-90-24-19-35-104-111(87,88)105-49-68(47-92-26-21-37-102-109(83,84)99-33-16-10-7-13-29-96-66-51(3)60(75)63(78)57(42-72)106-66,48-93-27-22-38-103-110(85,86)100-34-17-11-8-14-30-97-67-52(4)61(76)64(79)58(43-73)107-67)46-91-25-20-36-101-108(81,82)98-32-15-9-6-12-28-95-56-39-55(41-71)62(77)65(80)59(56)69-53(5)74/h50-52,54-67,70-73,75-80H,6-49H2,1-5H3,(H,69,74)(H,81,82)(H,83,84)(H,85,86)(H,87,88)/t51-,52-,54?,55?,56+,57?,58?,59+,60?,61?,62-,63-,64-,65?,66+,67+,68?/m0/s1. The van der Waals surface area contributed by atoms with Gasteiger partial charge in [0.1, 0.15) is 30.5 Å². The Morgan fingerprint density at radius 1 is 0.414 bits per heavy atom. The number of amides is 1. The van der Waals surface area contributed by atoms with Gasteiger partial charge in [-0.25, -0.2) is 18.3 Å². The number of carbonyl (C=O) groups is 1. The zero-order valence-corrected chi connectivity index (χ0v) is 68.9. The summed E-state index contributed by atoms with van der Waals surface area (Å²) in [4.78, 5) is 54.2. The van der Waals surface area contributed by atoms with Crippen molar-refractivity contribution in [3.05, 3.63) is 0 Å². The third kappa shape index (κ3) is 45.3. The minimum Gasteiger partial charge on any atom is -0.396 e. The molecule has 0 spiro atoms. The van der Waals surface area contributed by atoms with E-state index in [2.05, 4.69) is 5.32 Å². The molecule has 3 fully saturated rings. The number of aliphatic hydroxyl groups excluding tert-OH is 10. The molecule has 660 valence electrons. The van der Waals surface area contributed by atoms with Crippen molar-refractivity contribution in [2.45, 2.75) is 230 Å². The summed E-state index contributed by atoms with van der Waals surface area (Å²) in [7, 11) is -18.5. The van der Waals surface area contributed by atoms with Crippen LogP contribution in [0.1, 0.15) is 150 Å². The van der Waals surface area contributed by atoms with Crippen LogP contribution in [0.5, 0.6) is 0 Å². The van der Waals surface area contributed by atoms with Crippen LogP contribution >= 0.6 is 31.3 Å². The van der Waals surface area contributed by atoms with E-state index in [1.54, 1.807) is 13.8 Å². The van der Waals surface area contributed by atoms with Crippen LogP contribution in [0.25, 0.3) is 0 Å². The summed E-state index contributed by atoms with van der Waals surface area (Å²) in [6.45, 7) is 5.37. The molecule has 0 aromatic carbocycles. The Kier molecular flexibility index (Phi) is 55.3. The number of nitrogens with one attached hydrogen (secondary N) is 1. The lowest BCUT2D eigenvalue weighted by Gasteiger charge is -2.42. The highest BCUT2D eigenvalue weighted by atomic mass is 31.2. The van der Waals surface area contributed by atoms with Gasteiger partial charge in [-0.1, -0.05) is 52.4 Å². The number of carbonyl (C=O) groups excluding carboxylic acids is 1. The normalized spacial score (nSPS) is 27.6. The van der Waals surface area contributed by atoms with Gasteiger partial charge in [-0.2, -0.15) is 0 Å². The van der Waals surface area contributed by atoms with Crippen molar-refractivity contribution in [1.29, 1.82) is 0 Å². The molecular weight excluding hydrogens is 1560 g/mol. The van der Waals surface area contributed by atoms with Crippen LogP contribution in [0.4, 0.5) is 0 Å².